The summed E-state index contributed by atoms with van der Waals surface area (Å²) in [4.78, 5) is 30.9. The molecule has 0 bridgehead atoms. The SMILES string of the molecule is CC(C)(C)NC(=O)c1cc(Cl)cc(Cl)c1NC(=O)c1cc(Cn2nnc(C(F)(C(F)(F)F)C(F)(F)F)n2)nn1-c1ncccc1Cl. The van der Waals surface area contributed by atoms with Crippen LogP contribution in [0, 0.1) is 0 Å². The number of hydrogen-bond acceptors (Lipinski definition) is 7. The Morgan fingerprint density at radius 2 is 1.54 bits per heavy atom. The molecule has 0 spiro atoms. The molecule has 0 aliphatic rings. The van der Waals surface area contributed by atoms with Crippen molar-refractivity contribution in [3.8, 4) is 5.82 Å². The zero-order valence-electron chi connectivity index (χ0n) is 23.4. The highest BCUT2D eigenvalue weighted by molar-refractivity contribution is 6.38. The third-order valence-electron chi connectivity index (χ3n) is 5.80. The van der Waals surface area contributed by atoms with Gasteiger partial charge in [-0.05, 0) is 56.3 Å². The van der Waals surface area contributed by atoms with Gasteiger partial charge in [-0.3, -0.25) is 9.59 Å². The van der Waals surface area contributed by atoms with Crippen LogP contribution in [-0.2, 0) is 12.2 Å². The fraction of sp³-hybridized carbons (Fsp3) is 0.320. The molecule has 3 heterocycles. The highest BCUT2D eigenvalue weighted by atomic mass is 35.5. The lowest BCUT2D eigenvalue weighted by Gasteiger charge is -2.26. The zero-order chi connectivity index (χ0) is 34.4. The Hall–Kier alpha value is -4.03. The van der Waals surface area contributed by atoms with Gasteiger partial charge < -0.3 is 10.6 Å². The van der Waals surface area contributed by atoms with E-state index in [4.69, 9.17) is 34.8 Å². The van der Waals surface area contributed by atoms with Gasteiger partial charge in [0, 0.05) is 16.8 Å². The van der Waals surface area contributed by atoms with E-state index >= 15 is 0 Å². The Morgan fingerprint density at radius 3 is 2.13 bits per heavy atom. The number of carbonyl (C=O) groups is 2. The molecule has 0 atom stereocenters. The van der Waals surface area contributed by atoms with Gasteiger partial charge in [0.25, 0.3) is 11.8 Å². The number of aromatic nitrogens is 7. The number of nitrogens with one attached hydrogen (secondary N) is 2. The Kier molecular flexibility index (Phi) is 9.31. The number of alkyl halides is 7. The Labute approximate surface area is 269 Å². The van der Waals surface area contributed by atoms with Gasteiger partial charge in [0.05, 0.1) is 27.0 Å². The Bertz CT molecular complexity index is 1790. The fourth-order valence-electron chi connectivity index (χ4n) is 3.84. The molecular weight excluding hydrogens is 698 g/mol. The minimum absolute atomic E-state index is 0.0281. The van der Waals surface area contributed by atoms with Gasteiger partial charge >= 0.3 is 18.0 Å². The lowest BCUT2D eigenvalue weighted by Crippen LogP contribution is -2.51. The van der Waals surface area contributed by atoms with Gasteiger partial charge in [0.2, 0.25) is 5.82 Å². The second-order valence-electron chi connectivity index (χ2n) is 10.5. The quantitative estimate of drug-likeness (QED) is 0.214. The van der Waals surface area contributed by atoms with Crippen molar-refractivity contribution in [2.75, 3.05) is 5.32 Å². The first kappa shape index (κ1) is 34.8. The second-order valence-corrected chi connectivity index (χ2v) is 11.8. The predicted octanol–water partition coefficient (Wildman–Crippen LogP) is 6.33. The van der Waals surface area contributed by atoms with Gasteiger partial charge in [-0.1, -0.05) is 34.8 Å². The third kappa shape index (κ3) is 7.02. The van der Waals surface area contributed by atoms with Gasteiger partial charge in [-0.15, -0.1) is 10.2 Å². The van der Waals surface area contributed by atoms with Crippen LogP contribution in [0.2, 0.25) is 15.1 Å². The number of halogens is 10. The molecule has 46 heavy (non-hydrogen) atoms. The maximum absolute atomic E-state index is 14.4. The lowest BCUT2D eigenvalue weighted by atomic mass is 10.1. The monoisotopic (exact) mass is 715 g/mol. The van der Waals surface area contributed by atoms with Crippen LogP contribution >= 0.6 is 34.8 Å². The first-order valence-corrected chi connectivity index (χ1v) is 13.7. The number of tetrazole rings is 1. The van der Waals surface area contributed by atoms with E-state index in [1.807, 2.05) is 0 Å². The average molecular weight is 717 g/mol. The molecule has 0 aliphatic heterocycles. The van der Waals surface area contributed by atoms with E-state index in [0.717, 1.165) is 10.7 Å². The summed E-state index contributed by atoms with van der Waals surface area (Å²) in [5.41, 5.74) is -7.50. The molecule has 246 valence electrons. The van der Waals surface area contributed by atoms with E-state index in [1.165, 1.54) is 30.5 Å². The van der Waals surface area contributed by atoms with Crippen LogP contribution in [0.15, 0.2) is 36.5 Å². The van der Waals surface area contributed by atoms with E-state index < -0.39 is 47.7 Å². The van der Waals surface area contributed by atoms with Crippen molar-refractivity contribution in [1.29, 1.82) is 0 Å². The highest BCUT2D eigenvalue weighted by Crippen LogP contribution is 2.51. The van der Waals surface area contributed by atoms with Crippen LogP contribution in [-0.4, -0.2) is 64.7 Å². The molecule has 0 aliphatic carbocycles. The predicted molar refractivity (Wildman–Crippen MR) is 150 cm³/mol. The first-order valence-electron chi connectivity index (χ1n) is 12.6. The average Bonchev–Trinajstić information content (AvgIpc) is 3.55. The summed E-state index contributed by atoms with van der Waals surface area (Å²) in [6.07, 6.45) is -11.6. The molecule has 0 radical (unpaired) electrons. The molecule has 0 saturated heterocycles. The lowest BCUT2D eigenvalue weighted by molar-refractivity contribution is -0.351. The van der Waals surface area contributed by atoms with Crippen molar-refractivity contribution in [2.45, 2.75) is 50.9 Å². The number of pyridine rings is 1. The molecule has 3 aromatic heterocycles. The third-order valence-corrected chi connectivity index (χ3v) is 6.62. The summed E-state index contributed by atoms with van der Waals surface area (Å²) in [6.45, 7) is 4.33. The molecular formula is C25H19Cl3F7N9O2. The molecule has 0 unspecified atom stereocenters. The molecule has 11 nitrogen and oxygen atoms in total. The van der Waals surface area contributed by atoms with Crippen LogP contribution in [0.5, 0.6) is 0 Å². The Morgan fingerprint density at radius 1 is 0.891 bits per heavy atom. The maximum atomic E-state index is 14.4. The summed E-state index contributed by atoms with van der Waals surface area (Å²) in [5.74, 6) is -4.06. The zero-order valence-corrected chi connectivity index (χ0v) is 25.7. The van der Waals surface area contributed by atoms with Gasteiger partial charge in [-0.2, -0.15) is 36.2 Å². The van der Waals surface area contributed by atoms with Crippen LogP contribution < -0.4 is 10.6 Å². The van der Waals surface area contributed by atoms with E-state index in [9.17, 15) is 40.3 Å². The van der Waals surface area contributed by atoms with E-state index in [0.29, 0.717) is 0 Å². The molecule has 0 saturated carbocycles. The van der Waals surface area contributed by atoms with Gasteiger partial charge in [0.15, 0.2) is 5.82 Å². The van der Waals surface area contributed by atoms with Crippen LogP contribution in [0.3, 0.4) is 0 Å². The van der Waals surface area contributed by atoms with Crippen molar-refractivity contribution in [3.05, 3.63) is 74.4 Å². The number of nitrogens with zero attached hydrogens (tertiary/aromatic N) is 7. The highest BCUT2D eigenvalue weighted by Gasteiger charge is 2.76. The first-order chi connectivity index (χ1) is 21.1. The largest absolute Gasteiger partial charge is 0.439 e. The number of rotatable bonds is 7. The number of amides is 2. The molecule has 4 aromatic rings. The van der Waals surface area contributed by atoms with Gasteiger partial charge in [-0.25, -0.2) is 14.1 Å². The second kappa shape index (κ2) is 12.3. The molecule has 2 N–H and O–H groups in total. The smallest absolute Gasteiger partial charge is 0.347 e. The van der Waals surface area contributed by atoms with E-state index in [1.54, 1.807) is 20.8 Å². The van der Waals surface area contributed by atoms with Gasteiger partial charge in [0.1, 0.15) is 12.2 Å². The van der Waals surface area contributed by atoms with Crippen LogP contribution in [0.4, 0.5) is 36.4 Å². The number of hydrogen-bond donors (Lipinski definition) is 2. The summed E-state index contributed by atoms with van der Waals surface area (Å²) < 4.78 is 94.2. The normalized spacial score (nSPS) is 12.7. The summed E-state index contributed by atoms with van der Waals surface area (Å²) in [5, 5.41) is 17.9. The molecule has 2 amide bonds. The number of benzene rings is 1. The summed E-state index contributed by atoms with van der Waals surface area (Å²) in [7, 11) is 0. The van der Waals surface area contributed by atoms with Crippen molar-refractivity contribution in [3.63, 3.8) is 0 Å². The minimum Gasteiger partial charge on any atom is -0.347 e. The fourth-order valence-corrected chi connectivity index (χ4v) is 4.58. The standard InChI is InChI=1S/C25H19Cl3F7N9O2/c1-22(2,3)38-19(45)13-7-11(26)8-15(28)17(13)37-20(46)16-9-12(40-44(16)18-14(27)5-4-6-36-18)10-43-41-21(39-42-43)23(29,24(30,31)32)25(33,34)35/h4-9H,10H2,1-3H3,(H,37,46)(H,38,45). The summed E-state index contributed by atoms with van der Waals surface area (Å²) >= 11 is 18.7. The van der Waals surface area contributed by atoms with Crippen LogP contribution in [0.1, 0.15) is 53.1 Å². The van der Waals surface area contributed by atoms with E-state index in [2.05, 4.69) is 36.1 Å². The maximum Gasteiger partial charge on any atom is 0.439 e. The molecule has 4 rings (SSSR count). The van der Waals surface area contributed by atoms with Crippen molar-refractivity contribution < 1.29 is 40.3 Å². The topological polar surface area (TPSA) is 133 Å². The van der Waals surface area contributed by atoms with Crippen molar-refractivity contribution in [2.24, 2.45) is 0 Å². The molecule has 0 fully saturated rings. The van der Waals surface area contributed by atoms with Crippen molar-refractivity contribution in [1.82, 2.24) is 40.3 Å². The number of carbonyl (C=O) groups excluding carboxylic acids is 2. The molecule has 21 heteroatoms. The summed E-state index contributed by atoms with van der Waals surface area (Å²) in [6, 6.07) is 6.39. The van der Waals surface area contributed by atoms with Crippen LogP contribution in [0.25, 0.3) is 5.82 Å². The number of anilines is 1. The van der Waals surface area contributed by atoms with E-state index in [-0.39, 0.29) is 48.3 Å². The van der Waals surface area contributed by atoms with Crippen molar-refractivity contribution >= 4 is 52.3 Å². The minimum atomic E-state index is -6.47. The Balaban J connectivity index is 1.76. The molecule has 1 aromatic carbocycles.